The third-order valence-corrected chi connectivity index (χ3v) is 5.82. The van der Waals surface area contributed by atoms with E-state index in [0.717, 1.165) is 38.0 Å². The van der Waals surface area contributed by atoms with Crippen LogP contribution in [0.2, 0.25) is 0 Å². The van der Waals surface area contributed by atoms with Gasteiger partial charge in [-0.05, 0) is 69.4 Å². The van der Waals surface area contributed by atoms with Gasteiger partial charge in [-0.1, -0.05) is 36.8 Å². The summed E-state index contributed by atoms with van der Waals surface area (Å²) < 4.78 is 19.8. The van der Waals surface area contributed by atoms with Gasteiger partial charge in [-0.25, -0.2) is 4.39 Å². The maximum atomic E-state index is 14.0. The second kappa shape index (κ2) is 9.36. The molecule has 2 fully saturated rings. The van der Waals surface area contributed by atoms with Gasteiger partial charge in [0.1, 0.15) is 5.82 Å². The maximum absolute atomic E-state index is 14.0. The summed E-state index contributed by atoms with van der Waals surface area (Å²) in [5.74, 6) is 0.519. The van der Waals surface area contributed by atoms with Crippen LogP contribution in [0.3, 0.4) is 0 Å². The quantitative estimate of drug-likeness (QED) is 0.370. The van der Waals surface area contributed by atoms with Crippen molar-refractivity contribution < 1.29 is 9.13 Å². The van der Waals surface area contributed by atoms with Gasteiger partial charge in [-0.15, -0.1) is 0 Å². The molecule has 1 aromatic rings. The number of hydrogen-bond donors (Lipinski definition) is 1. The lowest BCUT2D eigenvalue weighted by Crippen LogP contribution is -2.36. The Kier molecular flexibility index (Phi) is 6.90. The Morgan fingerprint density at radius 1 is 1.15 bits per heavy atom. The molecule has 142 valence electrons. The van der Waals surface area contributed by atoms with Crippen molar-refractivity contribution in [3.05, 3.63) is 47.3 Å². The van der Waals surface area contributed by atoms with Gasteiger partial charge in [-0.2, -0.15) is 0 Å². The minimum Gasteiger partial charge on any atom is -0.398 e. The van der Waals surface area contributed by atoms with Crippen LogP contribution >= 0.6 is 0 Å². The van der Waals surface area contributed by atoms with E-state index in [1.54, 1.807) is 12.1 Å². The normalized spacial score (nSPS) is 28.2. The molecule has 3 atom stereocenters. The average molecular weight is 358 g/mol. The highest BCUT2D eigenvalue weighted by Gasteiger charge is 2.26. The van der Waals surface area contributed by atoms with Crippen LogP contribution in [0.15, 0.2) is 35.9 Å². The first-order valence-electron chi connectivity index (χ1n) is 10.2. The molecule has 26 heavy (non-hydrogen) atoms. The Labute approximate surface area is 157 Å². The van der Waals surface area contributed by atoms with E-state index in [1.165, 1.54) is 37.3 Å². The minimum atomic E-state index is -0.218. The average Bonchev–Trinajstić information content (AvgIpc) is 2.82. The molecule has 2 nitrogen and oxygen atoms in total. The van der Waals surface area contributed by atoms with Gasteiger partial charge in [0.25, 0.3) is 0 Å². The van der Waals surface area contributed by atoms with Crippen LogP contribution in [0.1, 0.15) is 70.3 Å². The molecule has 0 amide bonds. The Morgan fingerprint density at radius 3 is 2.73 bits per heavy atom. The Morgan fingerprint density at radius 2 is 1.96 bits per heavy atom. The second-order valence-corrected chi connectivity index (χ2v) is 7.81. The number of hydrogen-bond acceptors (Lipinski definition) is 2. The van der Waals surface area contributed by atoms with Crippen LogP contribution in [-0.2, 0) is 4.74 Å². The Hall–Kier alpha value is -1.61. The van der Waals surface area contributed by atoms with Crippen LogP contribution in [0.5, 0.6) is 0 Å². The summed E-state index contributed by atoms with van der Waals surface area (Å²) in [6, 6.07) is 4.93. The fraction of sp³-hybridized carbons (Fsp3) is 0.565. The van der Waals surface area contributed by atoms with Crippen molar-refractivity contribution in [2.75, 3.05) is 5.73 Å². The number of benzene rings is 1. The molecule has 1 aliphatic heterocycles. The molecule has 2 N–H and O–H groups in total. The van der Waals surface area contributed by atoms with Crippen molar-refractivity contribution in [2.45, 2.75) is 76.9 Å². The number of anilines is 1. The SMILES string of the molecule is CCC1CC(C/C=C/CC2CCC/C(=C/c3c(N)cccc3F)CC2)O1. The summed E-state index contributed by atoms with van der Waals surface area (Å²) in [5, 5.41) is 0. The number of rotatable bonds is 6. The summed E-state index contributed by atoms with van der Waals surface area (Å²) >= 11 is 0. The van der Waals surface area contributed by atoms with E-state index >= 15 is 0 Å². The van der Waals surface area contributed by atoms with E-state index in [4.69, 9.17) is 10.5 Å². The highest BCUT2D eigenvalue weighted by Crippen LogP contribution is 2.32. The molecule has 1 heterocycles. The lowest BCUT2D eigenvalue weighted by atomic mass is 9.95. The van der Waals surface area contributed by atoms with Crippen molar-refractivity contribution >= 4 is 11.8 Å². The predicted octanol–water partition coefficient (Wildman–Crippen LogP) is 6.28. The fourth-order valence-electron chi connectivity index (χ4n) is 4.07. The molecule has 3 heteroatoms. The molecule has 0 spiro atoms. The number of nitrogens with two attached hydrogens (primary N) is 1. The smallest absolute Gasteiger partial charge is 0.132 e. The standard InChI is InChI=1S/C23H32FNO/c1-2-19-16-20(26-19)10-4-3-7-17-8-5-9-18(14-13-17)15-21-22(24)11-6-12-23(21)25/h3-4,6,11-12,15,17,19-20H,2,5,7-10,13-14,16,25H2,1H3/b4-3+,18-15-. The molecule has 2 aliphatic rings. The summed E-state index contributed by atoms with van der Waals surface area (Å²) in [6.07, 6.45) is 17.9. The van der Waals surface area contributed by atoms with Crippen LogP contribution in [0.25, 0.3) is 6.08 Å². The summed E-state index contributed by atoms with van der Waals surface area (Å²) in [4.78, 5) is 0. The molecule has 0 bridgehead atoms. The molecule has 0 radical (unpaired) electrons. The molecule has 1 saturated heterocycles. The van der Waals surface area contributed by atoms with E-state index in [9.17, 15) is 4.39 Å². The third-order valence-electron chi connectivity index (χ3n) is 5.82. The molecule has 3 unspecified atom stereocenters. The zero-order valence-electron chi connectivity index (χ0n) is 15.9. The van der Waals surface area contributed by atoms with Gasteiger partial charge in [0.05, 0.1) is 12.2 Å². The van der Waals surface area contributed by atoms with Crippen LogP contribution in [0, 0.1) is 11.7 Å². The summed E-state index contributed by atoms with van der Waals surface area (Å²) in [7, 11) is 0. The molecule has 1 aliphatic carbocycles. The van der Waals surface area contributed by atoms with E-state index in [2.05, 4.69) is 19.1 Å². The number of ether oxygens (including phenoxy) is 1. The van der Waals surface area contributed by atoms with Gasteiger partial charge in [0.2, 0.25) is 0 Å². The van der Waals surface area contributed by atoms with Crippen molar-refractivity contribution in [3.63, 3.8) is 0 Å². The fourth-order valence-corrected chi connectivity index (χ4v) is 4.07. The molecule has 1 aromatic carbocycles. The zero-order valence-corrected chi connectivity index (χ0v) is 15.9. The first kappa shape index (κ1) is 19.2. The number of allylic oxidation sites excluding steroid dienone is 2. The second-order valence-electron chi connectivity index (χ2n) is 7.81. The summed E-state index contributed by atoms with van der Waals surface area (Å²) in [5.41, 5.74) is 8.37. The molecular weight excluding hydrogens is 325 g/mol. The molecule has 0 aromatic heterocycles. The predicted molar refractivity (Wildman–Crippen MR) is 107 cm³/mol. The topological polar surface area (TPSA) is 35.2 Å². The molecular formula is C23H32FNO. The zero-order chi connectivity index (χ0) is 18.4. The first-order chi connectivity index (χ1) is 12.7. The third kappa shape index (κ3) is 5.20. The monoisotopic (exact) mass is 357 g/mol. The van der Waals surface area contributed by atoms with Crippen molar-refractivity contribution in [1.29, 1.82) is 0 Å². The van der Waals surface area contributed by atoms with Gasteiger partial charge < -0.3 is 10.5 Å². The number of halogens is 1. The van der Waals surface area contributed by atoms with Gasteiger partial charge in [-0.3, -0.25) is 0 Å². The van der Waals surface area contributed by atoms with E-state index in [1.807, 2.05) is 6.08 Å². The van der Waals surface area contributed by atoms with E-state index in [-0.39, 0.29) is 5.82 Å². The van der Waals surface area contributed by atoms with Crippen LogP contribution < -0.4 is 5.73 Å². The van der Waals surface area contributed by atoms with E-state index < -0.39 is 0 Å². The molecule has 3 rings (SSSR count). The van der Waals surface area contributed by atoms with Crippen molar-refractivity contribution in [2.24, 2.45) is 5.92 Å². The highest BCUT2D eigenvalue weighted by molar-refractivity contribution is 5.66. The van der Waals surface area contributed by atoms with Gasteiger partial charge >= 0.3 is 0 Å². The Bertz CT molecular complexity index is 625. The molecule has 1 saturated carbocycles. The Balaban J connectivity index is 1.45. The van der Waals surface area contributed by atoms with Gasteiger partial charge in [0, 0.05) is 17.7 Å². The lowest BCUT2D eigenvalue weighted by molar-refractivity contribution is -0.122. The largest absolute Gasteiger partial charge is 0.398 e. The first-order valence-corrected chi connectivity index (χ1v) is 10.2. The maximum Gasteiger partial charge on any atom is 0.132 e. The van der Waals surface area contributed by atoms with Crippen LogP contribution in [-0.4, -0.2) is 12.2 Å². The van der Waals surface area contributed by atoms with Gasteiger partial charge in [0.15, 0.2) is 0 Å². The lowest BCUT2D eigenvalue weighted by Gasteiger charge is -2.34. The minimum absolute atomic E-state index is 0.218. The van der Waals surface area contributed by atoms with Crippen molar-refractivity contribution in [1.82, 2.24) is 0 Å². The van der Waals surface area contributed by atoms with Crippen LogP contribution in [0.4, 0.5) is 10.1 Å². The number of nitrogen functional groups attached to an aromatic ring is 1. The van der Waals surface area contributed by atoms with Crippen molar-refractivity contribution in [3.8, 4) is 0 Å². The summed E-state index contributed by atoms with van der Waals surface area (Å²) in [6.45, 7) is 2.19. The highest BCUT2D eigenvalue weighted by atomic mass is 19.1. The van der Waals surface area contributed by atoms with E-state index in [0.29, 0.717) is 23.5 Å².